The van der Waals surface area contributed by atoms with Crippen molar-refractivity contribution in [3.8, 4) is 5.75 Å². The third kappa shape index (κ3) is 8.14. The summed E-state index contributed by atoms with van der Waals surface area (Å²) in [5.74, 6) is -1.35. The van der Waals surface area contributed by atoms with Gasteiger partial charge in [-0.05, 0) is 69.7 Å². The van der Waals surface area contributed by atoms with E-state index in [0.29, 0.717) is 63.7 Å². The number of amides is 4. The molecule has 0 aliphatic rings. The average molecular weight is 765 g/mol. The number of hydrogen-bond donors (Lipinski definition) is 4. The highest BCUT2D eigenvalue weighted by molar-refractivity contribution is 6.05. The minimum atomic E-state index is -0.672. The van der Waals surface area contributed by atoms with Crippen molar-refractivity contribution in [2.24, 2.45) is 11.5 Å². The maximum atomic E-state index is 13.6. The minimum Gasteiger partial charge on any atom is -0.489 e. The molecule has 4 amide bonds. The number of fused-ring (bicyclic) bond motifs is 2. The van der Waals surface area contributed by atoms with E-state index < -0.39 is 23.6 Å². The van der Waals surface area contributed by atoms with E-state index in [1.807, 2.05) is 32.9 Å². The number of nitrogens with one attached hydrogen (secondary N) is 2. The lowest BCUT2D eigenvalue weighted by Gasteiger charge is -2.13. The Balaban J connectivity index is 1.37. The monoisotopic (exact) mass is 764 g/mol. The summed E-state index contributed by atoms with van der Waals surface area (Å²) >= 11 is 0. The summed E-state index contributed by atoms with van der Waals surface area (Å²) in [7, 11) is 1.55. The summed E-state index contributed by atoms with van der Waals surface area (Å²) in [5, 5.41) is 14.7. The number of carbonyl (C=O) groups is 4. The fraction of sp³-hybridized carbons (Fsp3) is 0.316. The molecule has 0 spiro atoms. The van der Waals surface area contributed by atoms with Gasteiger partial charge in [0.2, 0.25) is 23.7 Å². The molecule has 0 aliphatic heterocycles. The maximum absolute atomic E-state index is 13.6. The Morgan fingerprint density at radius 1 is 0.750 bits per heavy atom. The van der Waals surface area contributed by atoms with E-state index >= 15 is 0 Å². The summed E-state index contributed by atoms with van der Waals surface area (Å²) in [4.78, 5) is 60.9. The number of carbonyl (C=O) groups excluding carboxylic acids is 4. The summed E-state index contributed by atoms with van der Waals surface area (Å²) in [6.45, 7) is 9.42. The molecule has 0 unspecified atom stereocenters. The van der Waals surface area contributed by atoms with Crippen LogP contribution in [0.1, 0.15) is 73.3 Å². The standard InChI is InChI=1S/C38H44N12O6/c1-6-12-50-30(18-23(4)46-50)36(54)43-37-41-26-19-24(33(39)51)10-11-28(26)47(37)13-8-9-14-48-32-27(20-25(34(40)52)21-31(32)56-16-15-55-5)42-38(48)44-35(53)29-17-22(3)45-49(29)7-2/h8-11,17-21H,6-7,12-16H2,1-5H3,(H2,39,51)(H2,40,52)(H,41,43,54)(H,42,44,53)/b9-8+. The number of nitrogens with zero attached hydrogens (tertiary/aromatic N) is 8. The zero-order valence-electron chi connectivity index (χ0n) is 31.8. The number of anilines is 2. The molecule has 0 bridgehead atoms. The zero-order chi connectivity index (χ0) is 40.1. The van der Waals surface area contributed by atoms with Crippen LogP contribution in [0.2, 0.25) is 0 Å². The third-order valence-corrected chi connectivity index (χ3v) is 8.87. The third-order valence-electron chi connectivity index (χ3n) is 8.87. The Morgan fingerprint density at radius 3 is 1.96 bits per heavy atom. The highest BCUT2D eigenvalue weighted by Gasteiger charge is 2.22. The van der Waals surface area contributed by atoms with Gasteiger partial charge in [0, 0.05) is 44.4 Å². The Bertz CT molecular complexity index is 2490. The van der Waals surface area contributed by atoms with E-state index in [0.717, 1.165) is 6.42 Å². The Labute approximate surface area is 321 Å². The molecule has 6 rings (SSSR count). The van der Waals surface area contributed by atoms with Gasteiger partial charge in [0.05, 0.1) is 34.5 Å². The SMILES string of the molecule is CCCn1nc(C)cc1C(=O)Nc1nc2cc(C(N)=O)ccc2n1C/C=C/Cn1c(NC(=O)c2cc(C)nn2CC)nc2cc(C(N)=O)cc(OCCOC)c21. The van der Waals surface area contributed by atoms with Gasteiger partial charge in [0.15, 0.2) is 0 Å². The van der Waals surface area contributed by atoms with Crippen molar-refractivity contribution < 1.29 is 28.7 Å². The van der Waals surface area contributed by atoms with Crippen LogP contribution >= 0.6 is 0 Å². The predicted molar refractivity (Wildman–Crippen MR) is 209 cm³/mol. The Kier molecular flexibility index (Phi) is 11.6. The van der Waals surface area contributed by atoms with Crippen molar-refractivity contribution in [1.29, 1.82) is 0 Å². The summed E-state index contributed by atoms with van der Waals surface area (Å²) in [6, 6.07) is 11.4. The smallest absolute Gasteiger partial charge is 0.276 e. The van der Waals surface area contributed by atoms with E-state index in [4.69, 9.17) is 25.9 Å². The number of nitrogens with two attached hydrogens (primary N) is 2. The lowest BCUT2D eigenvalue weighted by Crippen LogP contribution is -2.20. The van der Waals surface area contributed by atoms with Crippen molar-refractivity contribution in [2.45, 2.75) is 60.3 Å². The molecule has 0 atom stereocenters. The van der Waals surface area contributed by atoms with E-state index in [9.17, 15) is 19.2 Å². The van der Waals surface area contributed by atoms with Crippen LogP contribution in [0.5, 0.6) is 5.75 Å². The van der Waals surface area contributed by atoms with E-state index in [1.165, 1.54) is 12.1 Å². The number of primary amides is 2. The first-order valence-corrected chi connectivity index (χ1v) is 18.0. The minimum absolute atomic E-state index is 0.171. The summed E-state index contributed by atoms with van der Waals surface area (Å²) in [5.41, 5.74) is 15.8. The zero-order valence-corrected chi connectivity index (χ0v) is 31.8. The molecule has 292 valence electrons. The van der Waals surface area contributed by atoms with Gasteiger partial charge in [-0.3, -0.25) is 39.2 Å². The molecule has 18 nitrogen and oxygen atoms in total. The topological polar surface area (TPSA) is 234 Å². The van der Waals surface area contributed by atoms with Crippen LogP contribution in [0.4, 0.5) is 11.9 Å². The second-order valence-electron chi connectivity index (χ2n) is 13.0. The van der Waals surface area contributed by atoms with Gasteiger partial charge in [-0.25, -0.2) is 9.97 Å². The van der Waals surface area contributed by atoms with Gasteiger partial charge in [0.25, 0.3) is 11.8 Å². The number of benzene rings is 2. The van der Waals surface area contributed by atoms with E-state index in [-0.39, 0.29) is 49.3 Å². The molecule has 0 fully saturated rings. The second kappa shape index (κ2) is 16.7. The van der Waals surface area contributed by atoms with Crippen molar-refractivity contribution in [1.82, 2.24) is 38.7 Å². The number of aromatic nitrogens is 8. The molecule has 6 aromatic rings. The fourth-order valence-electron chi connectivity index (χ4n) is 6.32. The number of hydrogen-bond acceptors (Lipinski definition) is 10. The number of ether oxygens (including phenoxy) is 2. The summed E-state index contributed by atoms with van der Waals surface area (Å²) in [6.07, 6.45) is 4.50. The number of imidazole rings is 2. The molecule has 4 heterocycles. The first-order chi connectivity index (χ1) is 26.9. The van der Waals surface area contributed by atoms with E-state index in [2.05, 4.69) is 25.8 Å². The molecular formula is C38H44N12O6. The summed E-state index contributed by atoms with van der Waals surface area (Å²) < 4.78 is 18.0. The van der Waals surface area contributed by atoms with Gasteiger partial charge in [-0.1, -0.05) is 19.1 Å². The van der Waals surface area contributed by atoms with Gasteiger partial charge >= 0.3 is 0 Å². The molecule has 4 aromatic heterocycles. The molecule has 2 aromatic carbocycles. The van der Waals surface area contributed by atoms with Crippen molar-refractivity contribution in [3.05, 3.63) is 88.5 Å². The van der Waals surface area contributed by atoms with E-state index in [1.54, 1.807) is 62.9 Å². The molecule has 0 aliphatic carbocycles. The van der Waals surface area contributed by atoms with Crippen LogP contribution in [0.15, 0.2) is 54.6 Å². The molecular weight excluding hydrogens is 720 g/mol. The van der Waals surface area contributed by atoms with Gasteiger partial charge in [-0.15, -0.1) is 0 Å². The molecule has 56 heavy (non-hydrogen) atoms. The average Bonchev–Trinajstić information content (AvgIpc) is 3.92. The van der Waals surface area contributed by atoms with Crippen molar-refractivity contribution >= 4 is 57.6 Å². The van der Waals surface area contributed by atoms with Gasteiger partial charge < -0.3 is 30.1 Å². The second-order valence-corrected chi connectivity index (χ2v) is 13.0. The van der Waals surface area contributed by atoms with Crippen LogP contribution < -0.4 is 26.8 Å². The lowest BCUT2D eigenvalue weighted by molar-refractivity contribution is 0.0991. The predicted octanol–water partition coefficient (Wildman–Crippen LogP) is 3.81. The highest BCUT2D eigenvalue weighted by Crippen LogP contribution is 2.31. The van der Waals surface area contributed by atoms with Crippen LogP contribution in [-0.2, 0) is 30.9 Å². The molecule has 0 radical (unpaired) electrons. The number of allylic oxidation sites excluding steroid dienone is 2. The number of methoxy groups -OCH3 is 1. The van der Waals surface area contributed by atoms with Crippen LogP contribution in [0.25, 0.3) is 22.1 Å². The fourth-order valence-corrected chi connectivity index (χ4v) is 6.32. The van der Waals surface area contributed by atoms with Crippen molar-refractivity contribution in [2.75, 3.05) is 31.0 Å². The molecule has 18 heteroatoms. The van der Waals surface area contributed by atoms with Crippen LogP contribution in [-0.4, -0.2) is 82.6 Å². The maximum Gasteiger partial charge on any atom is 0.276 e. The quantitative estimate of drug-likeness (QED) is 0.0774. The molecule has 0 saturated heterocycles. The largest absolute Gasteiger partial charge is 0.489 e. The highest BCUT2D eigenvalue weighted by atomic mass is 16.5. The lowest BCUT2D eigenvalue weighted by atomic mass is 10.1. The Morgan fingerprint density at radius 2 is 1.34 bits per heavy atom. The van der Waals surface area contributed by atoms with Gasteiger partial charge in [0.1, 0.15) is 29.3 Å². The number of rotatable bonds is 17. The van der Waals surface area contributed by atoms with Crippen molar-refractivity contribution in [3.63, 3.8) is 0 Å². The molecule has 0 saturated carbocycles. The van der Waals surface area contributed by atoms with Crippen LogP contribution in [0.3, 0.4) is 0 Å². The number of aryl methyl sites for hydroxylation is 4. The first-order valence-electron chi connectivity index (χ1n) is 18.0. The van der Waals surface area contributed by atoms with Gasteiger partial charge in [-0.2, -0.15) is 10.2 Å². The first kappa shape index (κ1) is 38.9. The van der Waals surface area contributed by atoms with Crippen LogP contribution in [0, 0.1) is 13.8 Å². The Hall–Kier alpha value is -6.82. The normalized spacial score (nSPS) is 11.5. The molecule has 6 N–H and O–H groups in total.